The third kappa shape index (κ3) is 3.67. The zero-order valence-corrected chi connectivity index (χ0v) is 14.6. The van der Waals surface area contributed by atoms with Gasteiger partial charge in [-0.05, 0) is 36.2 Å². The molecule has 136 valence electrons. The first-order valence-electron chi connectivity index (χ1n) is 8.32. The Labute approximate surface area is 156 Å². The zero-order valence-electron chi connectivity index (χ0n) is 14.6. The Morgan fingerprint density at radius 2 is 1.22 bits per heavy atom. The van der Waals surface area contributed by atoms with Gasteiger partial charge in [0.2, 0.25) is 0 Å². The molecule has 0 bridgehead atoms. The van der Waals surface area contributed by atoms with Crippen LogP contribution in [0, 0.1) is 0 Å². The van der Waals surface area contributed by atoms with Crippen molar-refractivity contribution in [3.63, 3.8) is 0 Å². The van der Waals surface area contributed by atoms with Crippen LogP contribution in [0.5, 0.6) is 5.75 Å². The van der Waals surface area contributed by atoms with E-state index in [1.54, 1.807) is 0 Å². The number of ether oxygens (including phenoxy) is 1. The van der Waals surface area contributed by atoms with Crippen molar-refractivity contribution in [2.45, 2.75) is 12.5 Å². The first kappa shape index (κ1) is 18.2. The summed E-state index contributed by atoms with van der Waals surface area (Å²) in [6.45, 7) is 1.89. The molecule has 0 aromatic heterocycles. The number of rotatable bonds is 6. The molecule has 0 spiro atoms. The molecule has 0 aliphatic carbocycles. The largest absolute Gasteiger partial charge is 0.478 e. The summed E-state index contributed by atoms with van der Waals surface area (Å²) in [4.78, 5) is 22.7. The second-order valence-electron chi connectivity index (χ2n) is 6.19. The molecule has 0 saturated heterocycles. The molecule has 0 aliphatic heterocycles. The van der Waals surface area contributed by atoms with Crippen LogP contribution in [0.4, 0.5) is 0 Å². The van der Waals surface area contributed by atoms with Gasteiger partial charge in [0.1, 0.15) is 5.75 Å². The molecule has 0 unspecified atom stereocenters. The lowest BCUT2D eigenvalue weighted by molar-refractivity contribution is 0.0650. The number of benzene rings is 3. The average Bonchev–Trinajstić information content (AvgIpc) is 2.69. The van der Waals surface area contributed by atoms with E-state index in [1.165, 1.54) is 18.2 Å². The first-order chi connectivity index (χ1) is 12.9. The molecule has 0 saturated carbocycles. The van der Waals surface area contributed by atoms with Crippen LogP contribution in [0.1, 0.15) is 38.8 Å². The van der Waals surface area contributed by atoms with Crippen molar-refractivity contribution >= 4 is 11.9 Å². The molecule has 27 heavy (non-hydrogen) atoms. The molecule has 3 rings (SSSR count). The van der Waals surface area contributed by atoms with Gasteiger partial charge in [0, 0.05) is 0 Å². The fourth-order valence-corrected chi connectivity index (χ4v) is 2.98. The van der Waals surface area contributed by atoms with Crippen LogP contribution in [0.25, 0.3) is 0 Å². The number of aromatic carboxylic acids is 2. The maximum Gasteiger partial charge on any atom is 0.336 e. The quantitative estimate of drug-likeness (QED) is 0.678. The van der Waals surface area contributed by atoms with Crippen molar-refractivity contribution in [1.29, 1.82) is 0 Å². The maximum absolute atomic E-state index is 11.5. The van der Waals surface area contributed by atoms with Gasteiger partial charge in [-0.2, -0.15) is 0 Å². The normalized spacial score (nSPS) is 11.0. The molecule has 0 atom stereocenters. The summed E-state index contributed by atoms with van der Waals surface area (Å²) in [6.07, 6.45) is 0. The van der Waals surface area contributed by atoms with Gasteiger partial charge in [-0.25, -0.2) is 9.59 Å². The van der Waals surface area contributed by atoms with Gasteiger partial charge in [0.05, 0.1) is 11.1 Å². The van der Waals surface area contributed by atoms with Crippen LogP contribution in [-0.4, -0.2) is 22.2 Å². The number of carboxylic acids is 2. The first-order valence-corrected chi connectivity index (χ1v) is 8.32. The van der Waals surface area contributed by atoms with Gasteiger partial charge in [0.15, 0.2) is 5.60 Å². The highest BCUT2D eigenvalue weighted by Crippen LogP contribution is 2.35. The third-order valence-corrected chi connectivity index (χ3v) is 4.42. The molecule has 0 heterocycles. The number of carbonyl (C=O) groups is 2. The molecule has 0 fully saturated rings. The van der Waals surface area contributed by atoms with Gasteiger partial charge in [-0.3, -0.25) is 0 Å². The van der Waals surface area contributed by atoms with E-state index in [0.717, 1.165) is 11.1 Å². The van der Waals surface area contributed by atoms with Crippen LogP contribution in [-0.2, 0) is 5.60 Å². The molecule has 3 aromatic carbocycles. The predicted molar refractivity (Wildman–Crippen MR) is 100 cm³/mol. The summed E-state index contributed by atoms with van der Waals surface area (Å²) < 4.78 is 6.24. The highest BCUT2D eigenvalue weighted by atomic mass is 16.5. The van der Waals surface area contributed by atoms with E-state index < -0.39 is 17.5 Å². The van der Waals surface area contributed by atoms with Crippen LogP contribution < -0.4 is 4.74 Å². The van der Waals surface area contributed by atoms with E-state index in [4.69, 9.17) is 4.74 Å². The average molecular weight is 362 g/mol. The fraction of sp³-hybridized carbons (Fsp3) is 0.0909. The Kier molecular flexibility index (Phi) is 4.94. The minimum atomic E-state index is -1.32. The maximum atomic E-state index is 11.5. The van der Waals surface area contributed by atoms with Crippen LogP contribution >= 0.6 is 0 Å². The van der Waals surface area contributed by atoms with E-state index in [1.807, 2.05) is 67.6 Å². The van der Waals surface area contributed by atoms with Crippen molar-refractivity contribution in [1.82, 2.24) is 0 Å². The van der Waals surface area contributed by atoms with Crippen LogP contribution in [0.3, 0.4) is 0 Å². The van der Waals surface area contributed by atoms with Gasteiger partial charge < -0.3 is 14.9 Å². The van der Waals surface area contributed by atoms with E-state index in [9.17, 15) is 19.8 Å². The zero-order chi connectivity index (χ0) is 19.4. The monoisotopic (exact) mass is 362 g/mol. The van der Waals surface area contributed by atoms with E-state index in [0.29, 0.717) is 0 Å². The SMILES string of the molecule is CC(Oc1ccc(C(=O)O)c(C(=O)O)c1)(c1ccccc1)c1ccccc1. The fourth-order valence-electron chi connectivity index (χ4n) is 2.98. The Bertz CT molecular complexity index is 925. The van der Waals surface area contributed by atoms with Crippen molar-refractivity contribution < 1.29 is 24.5 Å². The van der Waals surface area contributed by atoms with Crippen LogP contribution in [0.2, 0.25) is 0 Å². The Balaban J connectivity index is 2.10. The Morgan fingerprint density at radius 1 is 0.741 bits per heavy atom. The summed E-state index contributed by atoms with van der Waals surface area (Å²) >= 11 is 0. The molecule has 0 radical (unpaired) electrons. The summed E-state index contributed by atoms with van der Waals surface area (Å²) in [7, 11) is 0. The number of hydrogen-bond donors (Lipinski definition) is 2. The molecule has 2 N–H and O–H groups in total. The van der Waals surface area contributed by atoms with E-state index in [-0.39, 0.29) is 16.9 Å². The van der Waals surface area contributed by atoms with Gasteiger partial charge >= 0.3 is 11.9 Å². The Morgan fingerprint density at radius 3 is 1.67 bits per heavy atom. The molecule has 0 aliphatic rings. The molecule has 5 nitrogen and oxygen atoms in total. The van der Waals surface area contributed by atoms with Gasteiger partial charge in [0.25, 0.3) is 0 Å². The molecular weight excluding hydrogens is 344 g/mol. The minimum Gasteiger partial charge on any atom is -0.478 e. The predicted octanol–water partition coefficient (Wildman–Crippen LogP) is 4.43. The summed E-state index contributed by atoms with van der Waals surface area (Å²) in [5.41, 5.74) is 0.286. The van der Waals surface area contributed by atoms with E-state index in [2.05, 4.69) is 0 Å². The summed E-state index contributed by atoms with van der Waals surface area (Å²) in [5.74, 6) is -2.35. The van der Waals surface area contributed by atoms with E-state index >= 15 is 0 Å². The minimum absolute atomic E-state index is 0.271. The topological polar surface area (TPSA) is 83.8 Å². The number of carboxylic acid groups (broad SMARTS) is 2. The molecular formula is C22H18O5. The summed E-state index contributed by atoms with van der Waals surface area (Å²) in [6, 6.07) is 23.1. The highest BCUT2D eigenvalue weighted by Gasteiger charge is 2.31. The van der Waals surface area contributed by atoms with Crippen LogP contribution in [0.15, 0.2) is 78.9 Å². The van der Waals surface area contributed by atoms with Crippen molar-refractivity contribution in [2.24, 2.45) is 0 Å². The van der Waals surface area contributed by atoms with Gasteiger partial charge in [-0.15, -0.1) is 0 Å². The molecule has 0 amide bonds. The van der Waals surface area contributed by atoms with Gasteiger partial charge in [-0.1, -0.05) is 60.7 Å². The lowest BCUT2D eigenvalue weighted by atomic mass is 9.88. The molecule has 3 aromatic rings. The standard InChI is InChI=1S/C22H18O5/c1-22(15-8-4-2-5-9-15,16-10-6-3-7-11-16)27-17-12-13-18(20(23)24)19(14-17)21(25)26/h2-14H,1H3,(H,23,24)(H,25,26). The summed E-state index contributed by atoms with van der Waals surface area (Å²) in [5, 5.41) is 18.5. The number of hydrogen-bond acceptors (Lipinski definition) is 3. The highest BCUT2D eigenvalue weighted by molar-refractivity contribution is 6.02. The second kappa shape index (κ2) is 7.33. The second-order valence-corrected chi connectivity index (χ2v) is 6.19. The smallest absolute Gasteiger partial charge is 0.336 e. The van der Waals surface area contributed by atoms with Crippen molar-refractivity contribution in [2.75, 3.05) is 0 Å². The van der Waals surface area contributed by atoms with Crippen molar-refractivity contribution in [3.05, 3.63) is 101 Å². The lowest BCUT2D eigenvalue weighted by Gasteiger charge is -2.32. The Hall–Kier alpha value is -3.60. The van der Waals surface area contributed by atoms with Crippen molar-refractivity contribution in [3.8, 4) is 5.75 Å². The molecule has 5 heteroatoms. The lowest BCUT2D eigenvalue weighted by Crippen LogP contribution is -2.31. The third-order valence-electron chi connectivity index (χ3n) is 4.42.